The van der Waals surface area contributed by atoms with Gasteiger partial charge in [-0.25, -0.2) is 0 Å². The predicted octanol–water partition coefficient (Wildman–Crippen LogP) is 6.88. The maximum atomic E-state index is 2.52. The van der Waals surface area contributed by atoms with E-state index in [-0.39, 0.29) is 0 Å². The quantitative estimate of drug-likeness (QED) is 0.512. The number of hydrogen-bond acceptors (Lipinski definition) is 0. The van der Waals surface area contributed by atoms with Crippen molar-refractivity contribution in [3.05, 3.63) is 35.4 Å². The molecule has 0 aliphatic heterocycles. The van der Waals surface area contributed by atoms with Gasteiger partial charge in [-0.1, -0.05) is 64.3 Å². The predicted molar refractivity (Wildman–Crippen MR) is 93.9 cm³/mol. The Morgan fingerprint density at radius 3 is 2.14 bits per heavy atom. The lowest BCUT2D eigenvalue weighted by atomic mass is 9.68. The highest BCUT2D eigenvalue weighted by atomic mass is 14.4. The number of unbranched alkanes of at least 4 members (excludes halogenated alkanes) is 2. The summed E-state index contributed by atoms with van der Waals surface area (Å²) in [6.45, 7) is 7.10. The van der Waals surface area contributed by atoms with Crippen LogP contribution in [0.25, 0.3) is 0 Å². The molecule has 1 aromatic rings. The van der Waals surface area contributed by atoms with Crippen LogP contribution in [0.3, 0.4) is 0 Å². The number of benzene rings is 1. The first-order valence-electron chi connectivity index (χ1n) is 9.25. The molecule has 0 nitrogen and oxygen atoms in total. The molecule has 1 fully saturated rings. The lowest BCUT2D eigenvalue weighted by molar-refractivity contribution is 0.179. The monoisotopic (exact) mass is 286 g/mol. The Balaban J connectivity index is 1.87. The fourth-order valence-electron chi connectivity index (χ4n) is 3.84. The molecule has 1 aliphatic rings. The molecular formula is C21H34. The third-order valence-corrected chi connectivity index (χ3v) is 5.60. The highest BCUT2D eigenvalue weighted by molar-refractivity contribution is 5.26. The second-order valence-corrected chi connectivity index (χ2v) is 7.53. The summed E-state index contributed by atoms with van der Waals surface area (Å²) in [5, 5.41) is 0. The van der Waals surface area contributed by atoms with Gasteiger partial charge >= 0.3 is 0 Å². The van der Waals surface area contributed by atoms with Gasteiger partial charge in [0.1, 0.15) is 0 Å². The molecule has 118 valence electrons. The average molecular weight is 287 g/mol. The molecular weight excluding hydrogens is 252 g/mol. The van der Waals surface area contributed by atoms with Crippen molar-refractivity contribution in [3.63, 3.8) is 0 Å². The van der Waals surface area contributed by atoms with E-state index in [1.54, 1.807) is 5.56 Å². The van der Waals surface area contributed by atoms with Crippen molar-refractivity contribution in [2.45, 2.75) is 90.9 Å². The Labute approximate surface area is 132 Å². The summed E-state index contributed by atoms with van der Waals surface area (Å²) in [6, 6.07) is 9.56. The largest absolute Gasteiger partial charge is 0.0654 e. The van der Waals surface area contributed by atoms with Crippen LogP contribution in [0.15, 0.2) is 24.3 Å². The van der Waals surface area contributed by atoms with Gasteiger partial charge in [0.05, 0.1) is 0 Å². The van der Waals surface area contributed by atoms with Crippen molar-refractivity contribution < 1.29 is 0 Å². The Morgan fingerprint density at radius 2 is 1.57 bits per heavy atom. The smallest absolute Gasteiger partial charge is 0.0162 e. The second kappa shape index (κ2) is 8.01. The SMILES string of the molecule is CCCCc1ccc(C2CCC(C)(CCCC)CC2)cc1. The first kappa shape index (κ1) is 16.6. The zero-order chi connectivity index (χ0) is 15.1. The number of rotatable bonds is 7. The van der Waals surface area contributed by atoms with Crippen LogP contribution >= 0.6 is 0 Å². The molecule has 0 heteroatoms. The first-order valence-corrected chi connectivity index (χ1v) is 9.25. The van der Waals surface area contributed by atoms with Crippen molar-refractivity contribution in [1.29, 1.82) is 0 Å². The Kier molecular flexibility index (Phi) is 6.33. The van der Waals surface area contributed by atoms with Crippen LogP contribution in [0.1, 0.15) is 95.6 Å². The minimum Gasteiger partial charge on any atom is -0.0654 e. The van der Waals surface area contributed by atoms with E-state index in [9.17, 15) is 0 Å². The molecule has 21 heavy (non-hydrogen) atoms. The van der Waals surface area contributed by atoms with Gasteiger partial charge in [-0.2, -0.15) is 0 Å². The summed E-state index contributed by atoms with van der Waals surface area (Å²) in [7, 11) is 0. The summed E-state index contributed by atoms with van der Waals surface area (Å²) in [4.78, 5) is 0. The summed E-state index contributed by atoms with van der Waals surface area (Å²) in [6.07, 6.45) is 13.7. The lowest BCUT2D eigenvalue weighted by Gasteiger charge is -2.37. The van der Waals surface area contributed by atoms with Crippen LogP contribution in [0.5, 0.6) is 0 Å². The summed E-state index contributed by atoms with van der Waals surface area (Å²) in [5.41, 5.74) is 3.74. The molecule has 0 spiro atoms. The van der Waals surface area contributed by atoms with Gasteiger partial charge in [0.25, 0.3) is 0 Å². The number of aryl methyl sites for hydroxylation is 1. The minimum atomic E-state index is 0.633. The third kappa shape index (κ3) is 4.87. The third-order valence-electron chi connectivity index (χ3n) is 5.60. The van der Waals surface area contributed by atoms with Crippen molar-refractivity contribution in [1.82, 2.24) is 0 Å². The molecule has 0 atom stereocenters. The normalized spacial score (nSPS) is 26.0. The lowest BCUT2D eigenvalue weighted by Crippen LogP contribution is -2.23. The second-order valence-electron chi connectivity index (χ2n) is 7.53. The van der Waals surface area contributed by atoms with E-state index >= 15 is 0 Å². The van der Waals surface area contributed by atoms with Crippen molar-refractivity contribution >= 4 is 0 Å². The van der Waals surface area contributed by atoms with Crippen molar-refractivity contribution in [2.75, 3.05) is 0 Å². The van der Waals surface area contributed by atoms with E-state index in [4.69, 9.17) is 0 Å². The van der Waals surface area contributed by atoms with E-state index in [0.29, 0.717) is 5.41 Å². The first-order chi connectivity index (χ1) is 10.2. The van der Waals surface area contributed by atoms with Crippen LogP contribution in [-0.4, -0.2) is 0 Å². The zero-order valence-electron chi connectivity index (χ0n) is 14.5. The fourth-order valence-corrected chi connectivity index (χ4v) is 3.84. The molecule has 2 rings (SSSR count). The fraction of sp³-hybridized carbons (Fsp3) is 0.714. The standard InChI is InChI=1S/C21H34/c1-4-6-8-18-9-11-19(12-10-18)20-13-16-21(3,17-14-20)15-7-5-2/h9-12,20H,4-8,13-17H2,1-3H3. The van der Waals surface area contributed by atoms with Crippen LogP contribution in [0, 0.1) is 5.41 Å². The minimum absolute atomic E-state index is 0.633. The molecule has 1 saturated carbocycles. The van der Waals surface area contributed by atoms with E-state index < -0.39 is 0 Å². The number of hydrogen-bond donors (Lipinski definition) is 0. The van der Waals surface area contributed by atoms with E-state index in [2.05, 4.69) is 45.0 Å². The van der Waals surface area contributed by atoms with E-state index in [0.717, 1.165) is 5.92 Å². The molecule has 0 N–H and O–H groups in total. The Hall–Kier alpha value is -0.780. The highest BCUT2D eigenvalue weighted by Crippen LogP contribution is 2.45. The summed E-state index contributed by atoms with van der Waals surface area (Å²) in [5.74, 6) is 0.819. The summed E-state index contributed by atoms with van der Waals surface area (Å²) >= 11 is 0. The maximum absolute atomic E-state index is 2.52. The molecule has 1 aliphatic carbocycles. The maximum Gasteiger partial charge on any atom is -0.0162 e. The van der Waals surface area contributed by atoms with Crippen molar-refractivity contribution in [3.8, 4) is 0 Å². The van der Waals surface area contributed by atoms with E-state index in [1.807, 2.05) is 0 Å². The van der Waals surface area contributed by atoms with Gasteiger partial charge in [0.2, 0.25) is 0 Å². The molecule has 1 aromatic carbocycles. The molecule has 0 unspecified atom stereocenters. The molecule has 0 amide bonds. The van der Waals surface area contributed by atoms with Gasteiger partial charge in [-0.15, -0.1) is 0 Å². The van der Waals surface area contributed by atoms with Crippen LogP contribution in [0.2, 0.25) is 0 Å². The van der Waals surface area contributed by atoms with Gasteiger partial charge in [-0.3, -0.25) is 0 Å². The Bertz CT molecular complexity index is 393. The molecule has 0 aromatic heterocycles. The highest BCUT2D eigenvalue weighted by Gasteiger charge is 2.30. The zero-order valence-corrected chi connectivity index (χ0v) is 14.5. The van der Waals surface area contributed by atoms with Gasteiger partial charge in [0.15, 0.2) is 0 Å². The van der Waals surface area contributed by atoms with E-state index in [1.165, 1.54) is 69.8 Å². The van der Waals surface area contributed by atoms with Crippen LogP contribution < -0.4 is 0 Å². The molecule has 0 bridgehead atoms. The summed E-state index contributed by atoms with van der Waals surface area (Å²) < 4.78 is 0. The molecule has 0 saturated heterocycles. The van der Waals surface area contributed by atoms with Gasteiger partial charge < -0.3 is 0 Å². The van der Waals surface area contributed by atoms with Crippen LogP contribution in [-0.2, 0) is 6.42 Å². The van der Waals surface area contributed by atoms with Crippen LogP contribution in [0.4, 0.5) is 0 Å². The molecule has 0 heterocycles. The average Bonchev–Trinajstić information content (AvgIpc) is 2.52. The van der Waals surface area contributed by atoms with Crippen molar-refractivity contribution in [2.24, 2.45) is 5.41 Å². The molecule has 0 radical (unpaired) electrons. The van der Waals surface area contributed by atoms with Gasteiger partial charge in [-0.05, 0) is 67.4 Å². The Morgan fingerprint density at radius 1 is 0.952 bits per heavy atom. The van der Waals surface area contributed by atoms with Gasteiger partial charge in [0, 0.05) is 0 Å². The topological polar surface area (TPSA) is 0 Å².